The van der Waals surface area contributed by atoms with E-state index in [1.165, 1.54) is 24.3 Å². The second-order valence-electron chi connectivity index (χ2n) is 3.04. The molecule has 0 saturated carbocycles. The van der Waals surface area contributed by atoms with Gasteiger partial charge in [0.05, 0.1) is 7.11 Å². The Bertz CT molecular complexity index is 339. The van der Waals surface area contributed by atoms with Crippen LogP contribution >= 0.6 is 0 Å². The zero-order valence-electron chi connectivity index (χ0n) is 8.18. The minimum absolute atomic E-state index is 0.0255. The fourth-order valence-electron chi connectivity index (χ4n) is 1.12. The van der Waals surface area contributed by atoms with E-state index in [2.05, 4.69) is 4.74 Å². The van der Waals surface area contributed by atoms with Crippen molar-refractivity contribution in [3.63, 3.8) is 0 Å². The van der Waals surface area contributed by atoms with Gasteiger partial charge in [0.25, 0.3) is 0 Å². The number of halogens is 1. The first-order valence-corrected chi connectivity index (χ1v) is 4.32. The highest BCUT2D eigenvalue weighted by atomic mass is 19.1. The molecular weight excluding hydrogens is 201 g/mol. The number of hydrogen-bond acceptors (Lipinski definition) is 4. The summed E-state index contributed by atoms with van der Waals surface area (Å²) in [5.41, 5.74) is 5.56. The van der Waals surface area contributed by atoms with Crippen LogP contribution < -0.4 is 5.73 Å². The molecule has 0 aliphatic carbocycles. The molecular formula is C10H12FNO3. The average molecular weight is 213 g/mol. The molecule has 0 fully saturated rings. The van der Waals surface area contributed by atoms with Crippen molar-refractivity contribution in [2.75, 3.05) is 7.11 Å². The average Bonchev–Trinajstić information content (AvgIpc) is 2.27. The topological polar surface area (TPSA) is 72.5 Å². The minimum atomic E-state index is -1.64. The lowest BCUT2D eigenvalue weighted by Crippen LogP contribution is -2.35. The van der Waals surface area contributed by atoms with Gasteiger partial charge in [0, 0.05) is 0 Å². The predicted octanol–water partition coefficient (Wildman–Crippen LogP) is 0.903. The van der Waals surface area contributed by atoms with Crippen LogP contribution in [0, 0.1) is 0 Å². The van der Waals surface area contributed by atoms with E-state index >= 15 is 0 Å². The first-order valence-electron chi connectivity index (χ1n) is 4.32. The van der Waals surface area contributed by atoms with Gasteiger partial charge in [-0.2, -0.15) is 0 Å². The third kappa shape index (κ3) is 2.66. The third-order valence-corrected chi connectivity index (χ3v) is 2.00. The summed E-state index contributed by atoms with van der Waals surface area (Å²) in [5, 5.41) is 8.99. The number of esters is 1. The molecule has 0 heterocycles. The van der Waals surface area contributed by atoms with Crippen molar-refractivity contribution >= 4 is 5.97 Å². The lowest BCUT2D eigenvalue weighted by atomic mass is 10.0. The number of hydrogen-bond donors (Lipinski definition) is 2. The first-order chi connectivity index (χ1) is 7.06. The van der Waals surface area contributed by atoms with E-state index < -0.39 is 18.2 Å². The maximum Gasteiger partial charge on any atom is 0.326 e. The quantitative estimate of drug-likeness (QED) is 0.732. The molecule has 2 atom stereocenters. The standard InChI is InChI=1S/C10H12FNO3/c1-15-10(14)9(12)8(11)6-2-4-7(13)5-3-6/h2-5,8-9,13H,12H2,1H3. The van der Waals surface area contributed by atoms with Gasteiger partial charge in [0.1, 0.15) is 11.8 Å². The number of phenolic OH excluding ortho intramolecular Hbond substituents is 1. The molecule has 0 saturated heterocycles. The highest BCUT2D eigenvalue weighted by molar-refractivity contribution is 5.76. The second kappa shape index (κ2) is 4.75. The second-order valence-corrected chi connectivity index (χ2v) is 3.04. The van der Waals surface area contributed by atoms with Crippen LogP contribution in [-0.2, 0) is 9.53 Å². The fraction of sp³-hybridized carbons (Fsp3) is 0.300. The summed E-state index contributed by atoms with van der Waals surface area (Å²) < 4.78 is 17.9. The van der Waals surface area contributed by atoms with E-state index in [1.54, 1.807) is 0 Å². The van der Waals surface area contributed by atoms with E-state index in [0.29, 0.717) is 0 Å². The molecule has 0 bridgehead atoms. The van der Waals surface area contributed by atoms with Crippen LogP contribution in [0.3, 0.4) is 0 Å². The predicted molar refractivity (Wildman–Crippen MR) is 51.9 cm³/mol. The maximum absolute atomic E-state index is 13.6. The Hall–Kier alpha value is -1.62. The van der Waals surface area contributed by atoms with Crippen molar-refractivity contribution in [3.8, 4) is 5.75 Å². The maximum atomic E-state index is 13.6. The molecule has 0 aromatic heterocycles. The van der Waals surface area contributed by atoms with Gasteiger partial charge in [-0.15, -0.1) is 0 Å². The lowest BCUT2D eigenvalue weighted by Gasteiger charge is -2.14. The van der Waals surface area contributed by atoms with Gasteiger partial charge in [-0.05, 0) is 17.7 Å². The number of methoxy groups -OCH3 is 1. The third-order valence-electron chi connectivity index (χ3n) is 2.00. The molecule has 0 aliphatic heterocycles. The van der Waals surface area contributed by atoms with Crippen molar-refractivity contribution in [3.05, 3.63) is 29.8 Å². The molecule has 82 valence electrons. The highest BCUT2D eigenvalue weighted by Gasteiger charge is 2.26. The van der Waals surface area contributed by atoms with Crippen molar-refractivity contribution in [1.82, 2.24) is 0 Å². The number of benzene rings is 1. The largest absolute Gasteiger partial charge is 0.508 e. The van der Waals surface area contributed by atoms with Gasteiger partial charge in [0.2, 0.25) is 0 Å². The molecule has 0 radical (unpaired) electrons. The van der Waals surface area contributed by atoms with Crippen LogP contribution in [-0.4, -0.2) is 24.2 Å². The van der Waals surface area contributed by atoms with Gasteiger partial charge >= 0.3 is 5.97 Å². The molecule has 1 aromatic carbocycles. The lowest BCUT2D eigenvalue weighted by molar-refractivity contribution is -0.143. The summed E-state index contributed by atoms with van der Waals surface area (Å²) in [6.07, 6.45) is -1.64. The Morgan fingerprint density at radius 2 is 2.00 bits per heavy atom. The Morgan fingerprint density at radius 3 is 2.47 bits per heavy atom. The summed E-state index contributed by atoms with van der Waals surface area (Å²) in [6.45, 7) is 0. The highest BCUT2D eigenvalue weighted by Crippen LogP contribution is 2.22. The molecule has 5 heteroatoms. The Labute approximate surface area is 86.5 Å². The smallest absolute Gasteiger partial charge is 0.326 e. The van der Waals surface area contributed by atoms with Crippen LogP contribution in [0.1, 0.15) is 11.7 Å². The number of phenols is 1. The summed E-state index contributed by atoms with van der Waals surface area (Å²) in [6, 6.07) is 4.03. The molecule has 1 rings (SSSR count). The SMILES string of the molecule is COC(=O)C(N)C(F)c1ccc(O)cc1. The number of alkyl halides is 1. The van der Waals surface area contributed by atoms with E-state index in [9.17, 15) is 9.18 Å². The molecule has 0 aliphatic rings. The van der Waals surface area contributed by atoms with Crippen molar-refractivity contribution < 1.29 is 19.0 Å². The molecule has 1 aromatic rings. The van der Waals surface area contributed by atoms with E-state index in [4.69, 9.17) is 10.8 Å². The van der Waals surface area contributed by atoms with Crippen LogP contribution in [0.5, 0.6) is 5.75 Å². The zero-order valence-corrected chi connectivity index (χ0v) is 8.18. The van der Waals surface area contributed by atoms with Crippen LogP contribution in [0.25, 0.3) is 0 Å². The number of carbonyl (C=O) groups excluding carboxylic acids is 1. The van der Waals surface area contributed by atoms with Crippen LogP contribution in [0.4, 0.5) is 4.39 Å². The Morgan fingerprint density at radius 1 is 1.47 bits per heavy atom. The number of ether oxygens (including phenoxy) is 1. The monoisotopic (exact) mass is 213 g/mol. The molecule has 0 spiro atoms. The summed E-state index contributed by atoms with van der Waals surface area (Å²) >= 11 is 0. The van der Waals surface area contributed by atoms with Crippen molar-refractivity contribution in [2.24, 2.45) is 5.73 Å². The van der Waals surface area contributed by atoms with Gasteiger partial charge in [-0.3, -0.25) is 4.79 Å². The number of rotatable bonds is 3. The first kappa shape index (κ1) is 11.5. The molecule has 4 nitrogen and oxygen atoms in total. The van der Waals surface area contributed by atoms with Crippen LogP contribution in [0.15, 0.2) is 24.3 Å². The zero-order chi connectivity index (χ0) is 11.4. The van der Waals surface area contributed by atoms with E-state index in [1.807, 2.05) is 0 Å². The summed E-state index contributed by atoms with van der Waals surface area (Å²) in [5.74, 6) is -0.784. The number of aromatic hydroxyl groups is 1. The van der Waals surface area contributed by atoms with Crippen molar-refractivity contribution in [2.45, 2.75) is 12.2 Å². The Kier molecular flexibility index (Phi) is 3.62. The Balaban J connectivity index is 2.80. The van der Waals surface area contributed by atoms with Gasteiger partial charge in [0.15, 0.2) is 6.17 Å². The summed E-state index contributed by atoms with van der Waals surface area (Å²) in [7, 11) is 1.14. The van der Waals surface area contributed by atoms with Gasteiger partial charge in [-0.25, -0.2) is 4.39 Å². The normalized spacial score (nSPS) is 14.3. The van der Waals surface area contributed by atoms with Crippen LogP contribution in [0.2, 0.25) is 0 Å². The van der Waals surface area contributed by atoms with Gasteiger partial charge < -0.3 is 15.6 Å². The number of carbonyl (C=O) groups is 1. The van der Waals surface area contributed by atoms with E-state index in [0.717, 1.165) is 7.11 Å². The molecule has 15 heavy (non-hydrogen) atoms. The van der Waals surface area contributed by atoms with Gasteiger partial charge in [-0.1, -0.05) is 12.1 Å². The molecule has 2 unspecified atom stereocenters. The van der Waals surface area contributed by atoms with Crippen molar-refractivity contribution in [1.29, 1.82) is 0 Å². The molecule has 3 N–H and O–H groups in total. The fourth-order valence-corrected chi connectivity index (χ4v) is 1.12. The minimum Gasteiger partial charge on any atom is -0.508 e. The van der Waals surface area contributed by atoms with E-state index in [-0.39, 0.29) is 11.3 Å². The molecule has 0 amide bonds. The number of nitrogens with two attached hydrogens (primary N) is 1. The summed E-state index contributed by atoms with van der Waals surface area (Å²) in [4.78, 5) is 11.0.